The van der Waals surface area contributed by atoms with Crippen LogP contribution in [-0.2, 0) is 17.3 Å². The average Bonchev–Trinajstić information content (AvgIpc) is 3.95. The highest BCUT2D eigenvalue weighted by Gasteiger charge is 2.48. The van der Waals surface area contributed by atoms with Gasteiger partial charge in [-0.2, -0.15) is 0 Å². The van der Waals surface area contributed by atoms with Gasteiger partial charge in [0.2, 0.25) is 0 Å². The maximum atomic E-state index is 2.52. The molecule has 0 N–H and O–H groups in total. The maximum Gasteiger partial charge on any atom is 0.0470 e. The summed E-state index contributed by atoms with van der Waals surface area (Å²) in [5.41, 5.74) is 22.1. The van der Waals surface area contributed by atoms with Crippen LogP contribution in [0.25, 0.3) is 66.1 Å². The molecule has 0 radical (unpaired) electrons. The number of aryl methyl sites for hydroxylation is 1. The highest BCUT2D eigenvalue weighted by Crippen LogP contribution is 2.59. The average molecular weight is 804 g/mol. The summed E-state index contributed by atoms with van der Waals surface area (Å²) in [6, 6.07) is 79.9. The molecule has 63 heavy (non-hydrogen) atoms. The van der Waals surface area contributed by atoms with Gasteiger partial charge in [-0.05, 0) is 149 Å². The summed E-state index contributed by atoms with van der Waals surface area (Å²) in [4.78, 5) is 2.49. The third-order valence-electron chi connectivity index (χ3n) is 14.9. The molecule has 1 atom stereocenters. The predicted molar refractivity (Wildman–Crippen MR) is 265 cm³/mol. The van der Waals surface area contributed by atoms with Gasteiger partial charge in [0, 0.05) is 27.9 Å². The zero-order chi connectivity index (χ0) is 41.9. The highest BCUT2D eigenvalue weighted by molar-refractivity contribution is 6.12. The van der Waals surface area contributed by atoms with Gasteiger partial charge in [-0.25, -0.2) is 0 Å². The van der Waals surface area contributed by atoms with Crippen LogP contribution in [0.5, 0.6) is 0 Å². The number of hydrogen-bond acceptors (Lipinski definition) is 1. The van der Waals surface area contributed by atoms with Crippen LogP contribution in [0.1, 0.15) is 53.6 Å². The summed E-state index contributed by atoms with van der Waals surface area (Å²) in [7, 11) is 0. The number of rotatable bonds is 5. The summed E-state index contributed by atoms with van der Waals surface area (Å²) in [6.07, 6.45) is 2.15. The topological polar surface area (TPSA) is 3.24 Å². The van der Waals surface area contributed by atoms with Gasteiger partial charge in [0.25, 0.3) is 0 Å². The summed E-state index contributed by atoms with van der Waals surface area (Å²) >= 11 is 0. The third kappa shape index (κ3) is 5.17. The third-order valence-corrected chi connectivity index (χ3v) is 14.9. The number of anilines is 3. The standard InChI is InChI=1S/C62H45N/c1-61(2)57-26-9-6-20-53(57)55-24-13-22-49(60(55)61)41-28-31-44(32-29-41)63(45-17-11-16-43(38-45)48-21-12-23-50-47-18-5-3-14-40(47)30-34-51(48)50)46-33-35-54-52-19-7-10-27-58(52)62(59(54)39-46)37-36-42-15-4-8-25-56(42)62/h3-35,38-39H,36-37H2,1-2H3. The Hall–Kier alpha value is -7.48. The molecule has 0 saturated heterocycles. The van der Waals surface area contributed by atoms with Crippen LogP contribution >= 0.6 is 0 Å². The molecule has 13 rings (SSSR count). The van der Waals surface area contributed by atoms with Gasteiger partial charge >= 0.3 is 0 Å². The fraction of sp³-hybridized carbons (Fsp3) is 0.0968. The second-order valence-corrected chi connectivity index (χ2v) is 18.4. The first-order chi connectivity index (χ1) is 31.0. The molecule has 1 unspecified atom stereocenters. The highest BCUT2D eigenvalue weighted by atomic mass is 15.1. The van der Waals surface area contributed by atoms with E-state index in [0.29, 0.717) is 0 Å². The molecule has 1 spiro atoms. The zero-order valence-electron chi connectivity index (χ0n) is 35.6. The Morgan fingerprint density at radius 2 is 0.984 bits per heavy atom. The van der Waals surface area contributed by atoms with Crippen LogP contribution in [-0.4, -0.2) is 0 Å². The molecular formula is C62H45N. The molecule has 0 heterocycles. The van der Waals surface area contributed by atoms with E-state index in [2.05, 4.69) is 231 Å². The SMILES string of the molecule is CC1(C)c2ccccc2-c2cccc(-c3ccc(N(c4cccc(-c5cccc6c5ccc5ccccc56)c4)c4ccc5c(c4)C4(CCc6ccccc64)c4ccccc4-5)cc3)c21. The molecular weight excluding hydrogens is 759 g/mol. The summed E-state index contributed by atoms with van der Waals surface area (Å²) in [5, 5.41) is 5.09. The van der Waals surface area contributed by atoms with Crippen LogP contribution in [0.3, 0.4) is 0 Å². The first-order valence-corrected chi connectivity index (χ1v) is 22.5. The van der Waals surface area contributed by atoms with Crippen LogP contribution in [0.4, 0.5) is 17.1 Å². The van der Waals surface area contributed by atoms with Crippen LogP contribution < -0.4 is 4.90 Å². The molecule has 3 aliphatic carbocycles. The van der Waals surface area contributed by atoms with Crippen LogP contribution in [0.2, 0.25) is 0 Å². The lowest BCUT2D eigenvalue weighted by atomic mass is 9.73. The molecule has 0 aromatic heterocycles. The van der Waals surface area contributed by atoms with Crippen molar-refractivity contribution in [1.82, 2.24) is 0 Å². The Morgan fingerprint density at radius 3 is 1.86 bits per heavy atom. The normalized spacial score (nSPS) is 16.2. The van der Waals surface area contributed by atoms with Gasteiger partial charge in [0.1, 0.15) is 0 Å². The Bertz CT molecular complexity index is 3500. The van der Waals surface area contributed by atoms with Crippen molar-refractivity contribution >= 4 is 38.6 Å². The second-order valence-electron chi connectivity index (χ2n) is 18.4. The van der Waals surface area contributed by atoms with E-state index in [0.717, 1.165) is 29.9 Å². The fourth-order valence-electron chi connectivity index (χ4n) is 12.1. The number of hydrogen-bond donors (Lipinski definition) is 0. The molecule has 0 saturated carbocycles. The molecule has 0 amide bonds. The first kappa shape index (κ1) is 36.2. The summed E-state index contributed by atoms with van der Waals surface area (Å²) < 4.78 is 0. The van der Waals surface area contributed by atoms with Crippen molar-refractivity contribution < 1.29 is 0 Å². The van der Waals surface area contributed by atoms with E-state index in [1.54, 1.807) is 0 Å². The van der Waals surface area contributed by atoms with Gasteiger partial charge < -0.3 is 4.90 Å². The molecule has 3 aliphatic rings. The first-order valence-electron chi connectivity index (χ1n) is 22.5. The zero-order valence-corrected chi connectivity index (χ0v) is 35.6. The van der Waals surface area contributed by atoms with Crippen molar-refractivity contribution in [1.29, 1.82) is 0 Å². The van der Waals surface area contributed by atoms with E-state index >= 15 is 0 Å². The molecule has 0 aliphatic heterocycles. The Labute approximate surface area is 369 Å². The van der Waals surface area contributed by atoms with E-state index in [-0.39, 0.29) is 10.8 Å². The minimum absolute atomic E-state index is 0.0988. The number of nitrogens with zero attached hydrogens (tertiary/aromatic N) is 1. The monoisotopic (exact) mass is 803 g/mol. The van der Waals surface area contributed by atoms with E-state index in [9.17, 15) is 0 Å². The van der Waals surface area contributed by atoms with Crippen molar-refractivity contribution in [2.45, 2.75) is 37.5 Å². The molecule has 1 nitrogen and oxygen atoms in total. The Balaban J connectivity index is 0.991. The lowest BCUT2D eigenvalue weighted by Gasteiger charge is -2.31. The number of fused-ring (bicyclic) bond motifs is 13. The van der Waals surface area contributed by atoms with Gasteiger partial charge in [-0.15, -0.1) is 0 Å². The minimum Gasteiger partial charge on any atom is -0.310 e. The van der Waals surface area contributed by atoms with E-state index < -0.39 is 0 Å². The lowest BCUT2D eigenvalue weighted by Crippen LogP contribution is -2.24. The molecule has 10 aromatic carbocycles. The van der Waals surface area contributed by atoms with Crippen molar-refractivity contribution in [3.05, 3.63) is 246 Å². The molecule has 298 valence electrons. The second kappa shape index (κ2) is 13.5. The fourth-order valence-corrected chi connectivity index (χ4v) is 12.1. The van der Waals surface area contributed by atoms with Gasteiger partial charge in [-0.1, -0.05) is 190 Å². The maximum absolute atomic E-state index is 2.52. The van der Waals surface area contributed by atoms with Crippen molar-refractivity contribution in [2.24, 2.45) is 0 Å². The quantitative estimate of drug-likeness (QED) is 0.157. The molecule has 10 aromatic rings. The van der Waals surface area contributed by atoms with Crippen molar-refractivity contribution in [3.8, 4) is 44.5 Å². The summed E-state index contributed by atoms with van der Waals surface area (Å²) in [6.45, 7) is 4.76. The van der Waals surface area contributed by atoms with E-state index in [1.807, 2.05) is 0 Å². The Kier molecular flexibility index (Phi) is 7.76. The van der Waals surface area contributed by atoms with Crippen LogP contribution in [0, 0.1) is 0 Å². The molecule has 0 bridgehead atoms. The van der Waals surface area contributed by atoms with Gasteiger partial charge in [0.05, 0.1) is 0 Å². The predicted octanol–water partition coefficient (Wildman–Crippen LogP) is 16.4. The van der Waals surface area contributed by atoms with E-state index in [4.69, 9.17) is 0 Å². The lowest BCUT2D eigenvalue weighted by molar-refractivity contribution is 0.626. The van der Waals surface area contributed by atoms with Crippen LogP contribution in [0.15, 0.2) is 212 Å². The van der Waals surface area contributed by atoms with Crippen molar-refractivity contribution in [3.63, 3.8) is 0 Å². The van der Waals surface area contributed by atoms with Gasteiger partial charge in [-0.3, -0.25) is 0 Å². The van der Waals surface area contributed by atoms with Gasteiger partial charge in [0.15, 0.2) is 0 Å². The number of benzene rings is 10. The smallest absolute Gasteiger partial charge is 0.0470 e. The molecule has 0 fully saturated rings. The summed E-state index contributed by atoms with van der Waals surface area (Å²) in [5.74, 6) is 0. The molecule has 1 heteroatoms. The Morgan fingerprint density at radius 1 is 0.365 bits per heavy atom. The van der Waals surface area contributed by atoms with E-state index in [1.165, 1.54) is 99.4 Å². The largest absolute Gasteiger partial charge is 0.310 e. The van der Waals surface area contributed by atoms with Crippen molar-refractivity contribution in [2.75, 3.05) is 4.90 Å². The minimum atomic E-state index is -0.181.